The number of allylic oxidation sites excluding steroid dienone is 2. The average molecular weight is 165 g/mol. The number of rotatable bonds is 2. The highest BCUT2D eigenvalue weighted by atomic mass is 16.1. The number of Topliss-reactive ketones (excluding diaryl/α,β-unsaturated/α-hetero) is 1. The topological polar surface area (TPSA) is 29.1 Å². The molecule has 0 atom stereocenters. The summed E-state index contributed by atoms with van der Waals surface area (Å²) in [5.74, 6) is 0.234. The van der Waals surface area contributed by atoms with Crippen molar-refractivity contribution in [3.05, 3.63) is 23.4 Å². The van der Waals surface area contributed by atoms with Crippen LogP contribution in [0.3, 0.4) is 0 Å². The highest BCUT2D eigenvalue weighted by Gasteiger charge is 2.19. The molecule has 1 aliphatic carbocycles. The zero-order valence-corrected chi connectivity index (χ0v) is 7.74. The fourth-order valence-corrected chi connectivity index (χ4v) is 1.55. The van der Waals surface area contributed by atoms with E-state index in [-0.39, 0.29) is 5.78 Å². The molecule has 2 heteroatoms. The summed E-state index contributed by atoms with van der Waals surface area (Å²) in [6, 6.07) is 0. The molecule has 0 aliphatic heterocycles. The minimum Gasteiger partial charge on any atom is -0.388 e. The Balaban J connectivity index is 2.96. The third-order valence-electron chi connectivity index (χ3n) is 2.26. The van der Waals surface area contributed by atoms with Gasteiger partial charge in [-0.1, -0.05) is 12.2 Å². The molecule has 0 saturated carbocycles. The number of hydrogen-bond acceptors (Lipinski definition) is 2. The maximum atomic E-state index is 11.4. The molecule has 1 N–H and O–H groups in total. The molecule has 0 saturated heterocycles. The predicted octanol–water partition coefficient (Wildman–Crippen LogP) is 1.79. The second-order valence-electron chi connectivity index (χ2n) is 3.16. The summed E-state index contributed by atoms with van der Waals surface area (Å²) in [6.45, 7) is 5.82. The highest BCUT2D eigenvalue weighted by Crippen LogP contribution is 2.24. The molecule has 1 aliphatic rings. The third-order valence-corrected chi connectivity index (χ3v) is 2.26. The summed E-state index contributed by atoms with van der Waals surface area (Å²) in [4.78, 5) is 11.4. The first-order valence-corrected chi connectivity index (χ1v) is 4.26. The normalized spacial score (nSPS) is 18.0. The van der Waals surface area contributed by atoms with Gasteiger partial charge in [-0.3, -0.25) is 4.79 Å². The van der Waals surface area contributed by atoms with Gasteiger partial charge in [0.15, 0.2) is 5.78 Å². The largest absolute Gasteiger partial charge is 0.388 e. The molecule has 12 heavy (non-hydrogen) atoms. The molecule has 0 aromatic heterocycles. The monoisotopic (exact) mass is 165 g/mol. The van der Waals surface area contributed by atoms with E-state index in [2.05, 4.69) is 11.9 Å². The molecular weight excluding hydrogens is 150 g/mol. The zero-order chi connectivity index (χ0) is 9.14. The number of nitrogens with one attached hydrogen (secondary N) is 1. The average Bonchev–Trinajstić information content (AvgIpc) is 2.03. The first-order valence-electron chi connectivity index (χ1n) is 4.26. The van der Waals surface area contributed by atoms with Crippen molar-refractivity contribution in [2.45, 2.75) is 26.2 Å². The van der Waals surface area contributed by atoms with Crippen molar-refractivity contribution in [1.82, 2.24) is 5.32 Å². The molecule has 0 unspecified atom stereocenters. The van der Waals surface area contributed by atoms with E-state index in [1.54, 1.807) is 7.05 Å². The Morgan fingerprint density at radius 3 is 2.67 bits per heavy atom. The van der Waals surface area contributed by atoms with Crippen LogP contribution in [0, 0.1) is 0 Å². The van der Waals surface area contributed by atoms with E-state index in [1.807, 2.05) is 6.92 Å². The van der Waals surface area contributed by atoms with Gasteiger partial charge in [0.1, 0.15) is 0 Å². The molecular formula is C10H15NO. The van der Waals surface area contributed by atoms with Gasteiger partial charge < -0.3 is 5.32 Å². The minimum absolute atomic E-state index is 0.234. The molecule has 0 spiro atoms. The van der Waals surface area contributed by atoms with Crippen LogP contribution in [0.2, 0.25) is 0 Å². The van der Waals surface area contributed by atoms with Crippen molar-refractivity contribution in [3.63, 3.8) is 0 Å². The number of carbonyl (C=O) groups is 1. The van der Waals surface area contributed by atoms with E-state index in [4.69, 9.17) is 0 Å². The van der Waals surface area contributed by atoms with Gasteiger partial charge in [-0.2, -0.15) is 0 Å². The molecule has 0 bridgehead atoms. The Morgan fingerprint density at radius 2 is 2.17 bits per heavy atom. The number of ketones is 1. The SMILES string of the molecule is C=C(NC)C1=C(C)CCCC1=O. The van der Waals surface area contributed by atoms with Crippen LogP contribution < -0.4 is 5.32 Å². The van der Waals surface area contributed by atoms with Crippen molar-refractivity contribution in [3.8, 4) is 0 Å². The minimum atomic E-state index is 0.234. The van der Waals surface area contributed by atoms with Crippen molar-refractivity contribution in [1.29, 1.82) is 0 Å². The van der Waals surface area contributed by atoms with E-state index in [1.165, 1.54) is 5.57 Å². The van der Waals surface area contributed by atoms with Crippen molar-refractivity contribution >= 4 is 5.78 Å². The van der Waals surface area contributed by atoms with E-state index in [0.29, 0.717) is 6.42 Å². The summed E-state index contributed by atoms with van der Waals surface area (Å²) < 4.78 is 0. The Hall–Kier alpha value is -1.05. The Bertz CT molecular complexity index is 251. The van der Waals surface area contributed by atoms with E-state index < -0.39 is 0 Å². The highest BCUT2D eigenvalue weighted by molar-refractivity contribution is 6.00. The van der Waals surface area contributed by atoms with Gasteiger partial charge >= 0.3 is 0 Å². The maximum absolute atomic E-state index is 11.4. The smallest absolute Gasteiger partial charge is 0.164 e. The van der Waals surface area contributed by atoms with Crippen LogP contribution in [-0.4, -0.2) is 12.8 Å². The molecule has 0 amide bonds. The lowest BCUT2D eigenvalue weighted by atomic mass is 9.90. The van der Waals surface area contributed by atoms with Gasteiger partial charge in [0.25, 0.3) is 0 Å². The summed E-state index contributed by atoms with van der Waals surface area (Å²) in [7, 11) is 1.80. The molecule has 0 heterocycles. The fraction of sp³-hybridized carbons (Fsp3) is 0.500. The number of likely N-dealkylation sites (N-methyl/N-ethyl adjacent to an activating group) is 1. The van der Waals surface area contributed by atoms with Crippen molar-refractivity contribution in [2.24, 2.45) is 0 Å². The summed E-state index contributed by atoms with van der Waals surface area (Å²) in [5, 5.41) is 2.92. The van der Waals surface area contributed by atoms with Gasteiger partial charge in [0, 0.05) is 24.7 Å². The standard InChI is InChI=1S/C10H15NO/c1-7-5-4-6-9(12)10(7)8(2)11-3/h11H,2,4-6H2,1,3H3. The predicted molar refractivity (Wildman–Crippen MR) is 49.8 cm³/mol. The molecule has 0 aromatic rings. The fourth-order valence-electron chi connectivity index (χ4n) is 1.55. The lowest BCUT2D eigenvalue weighted by Gasteiger charge is -2.17. The summed E-state index contributed by atoms with van der Waals surface area (Å²) in [5.41, 5.74) is 2.76. The maximum Gasteiger partial charge on any atom is 0.164 e. The molecule has 0 aromatic carbocycles. The van der Waals surface area contributed by atoms with E-state index in [9.17, 15) is 4.79 Å². The lowest BCUT2D eigenvalue weighted by molar-refractivity contribution is -0.115. The van der Waals surface area contributed by atoms with Crippen LogP contribution >= 0.6 is 0 Å². The number of carbonyl (C=O) groups excluding carboxylic acids is 1. The van der Waals surface area contributed by atoms with E-state index >= 15 is 0 Å². The Kier molecular flexibility index (Phi) is 2.69. The third kappa shape index (κ3) is 1.58. The van der Waals surface area contributed by atoms with Crippen LogP contribution in [0.4, 0.5) is 0 Å². The van der Waals surface area contributed by atoms with Gasteiger partial charge in [-0.25, -0.2) is 0 Å². The molecule has 0 radical (unpaired) electrons. The van der Waals surface area contributed by atoms with Crippen LogP contribution in [0.5, 0.6) is 0 Å². The quantitative estimate of drug-likeness (QED) is 0.676. The Morgan fingerprint density at radius 1 is 1.50 bits per heavy atom. The number of hydrogen-bond donors (Lipinski definition) is 1. The lowest BCUT2D eigenvalue weighted by Crippen LogP contribution is -2.18. The van der Waals surface area contributed by atoms with Crippen molar-refractivity contribution in [2.75, 3.05) is 7.05 Å². The molecule has 2 nitrogen and oxygen atoms in total. The van der Waals surface area contributed by atoms with Gasteiger partial charge in [-0.05, 0) is 19.8 Å². The first-order chi connectivity index (χ1) is 5.66. The van der Waals surface area contributed by atoms with Crippen LogP contribution in [-0.2, 0) is 4.79 Å². The van der Waals surface area contributed by atoms with Gasteiger partial charge in [0.05, 0.1) is 0 Å². The molecule has 0 fully saturated rings. The van der Waals surface area contributed by atoms with Crippen LogP contribution in [0.1, 0.15) is 26.2 Å². The second-order valence-corrected chi connectivity index (χ2v) is 3.16. The summed E-state index contributed by atoms with van der Waals surface area (Å²) in [6.07, 6.45) is 2.69. The zero-order valence-electron chi connectivity index (χ0n) is 7.74. The van der Waals surface area contributed by atoms with Gasteiger partial charge in [0.2, 0.25) is 0 Å². The summed E-state index contributed by atoms with van der Waals surface area (Å²) >= 11 is 0. The molecule has 1 rings (SSSR count). The Labute approximate surface area is 73.4 Å². The van der Waals surface area contributed by atoms with E-state index in [0.717, 1.165) is 24.1 Å². The van der Waals surface area contributed by atoms with Crippen LogP contribution in [0.25, 0.3) is 0 Å². The molecule has 66 valence electrons. The van der Waals surface area contributed by atoms with Crippen molar-refractivity contribution < 1.29 is 4.79 Å². The van der Waals surface area contributed by atoms with Gasteiger partial charge in [-0.15, -0.1) is 0 Å². The van der Waals surface area contributed by atoms with Crippen LogP contribution in [0.15, 0.2) is 23.4 Å². The second kappa shape index (κ2) is 3.57. The first kappa shape index (κ1) is 9.04.